The molecular formula is C10H14ClNO3. The summed E-state index contributed by atoms with van der Waals surface area (Å²) in [5, 5.41) is 17.8. The molecule has 4 nitrogen and oxygen atoms in total. The van der Waals surface area contributed by atoms with E-state index in [4.69, 9.17) is 15.9 Å². The van der Waals surface area contributed by atoms with Gasteiger partial charge in [0.15, 0.2) is 0 Å². The second kappa shape index (κ2) is 5.00. The number of hydrogen-bond acceptors (Lipinski definition) is 3. The molecule has 0 saturated carbocycles. The summed E-state index contributed by atoms with van der Waals surface area (Å²) in [5.41, 5.74) is 5.09. The summed E-state index contributed by atoms with van der Waals surface area (Å²) in [7, 11) is 0. The predicted molar refractivity (Wildman–Crippen MR) is 59.3 cm³/mol. The van der Waals surface area contributed by atoms with Crippen molar-refractivity contribution in [2.45, 2.75) is 18.9 Å². The lowest BCUT2D eigenvalue weighted by Crippen LogP contribution is -2.46. The fourth-order valence-electron chi connectivity index (χ4n) is 1.11. The number of nitrogens with two attached hydrogens (primary N) is 1. The molecule has 0 aliphatic heterocycles. The molecule has 0 aromatic heterocycles. The van der Waals surface area contributed by atoms with Gasteiger partial charge in [-0.15, -0.1) is 12.4 Å². The van der Waals surface area contributed by atoms with Gasteiger partial charge in [0, 0.05) is 6.42 Å². The molecule has 0 unspecified atom stereocenters. The van der Waals surface area contributed by atoms with Gasteiger partial charge < -0.3 is 15.9 Å². The lowest BCUT2D eigenvalue weighted by Gasteiger charge is -2.18. The summed E-state index contributed by atoms with van der Waals surface area (Å²) < 4.78 is 0. The smallest absolute Gasteiger partial charge is 0.323 e. The number of phenols is 1. The van der Waals surface area contributed by atoms with E-state index >= 15 is 0 Å². The maximum Gasteiger partial charge on any atom is 0.323 e. The fraction of sp³-hybridized carbons (Fsp3) is 0.300. The largest absolute Gasteiger partial charge is 0.508 e. The molecule has 0 fully saturated rings. The summed E-state index contributed by atoms with van der Waals surface area (Å²) in [6.45, 7) is 1.46. The standard InChI is InChI=1S/C10H13NO3.ClH/c1-10(11,9(13)14)6-7-2-4-8(12)5-3-7;/h2-5,12H,6,11H2,1H3,(H,13,14);1H/t10-;/m0./s1. The van der Waals surface area contributed by atoms with Gasteiger partial charge in [-0.3, -0.25) is 4.79 Å². The highest BCUT2D eigenvalue weighted by atomic mass is 35.5. The first-order chi connectivity index (χ1) is 6.42. The van der Waals surface area contributed by atoms with Crippen molar-refractivity contribution in [2.75, 3.05) is 0 Å². The summed E-state index contributed by atoms with van der Waals surface area (Å²) in [4.78, 5) is 10.7. The zero-order valence-electron chi connectivity index (χ0n) is 8.30. The third-order valence-corrected chi connectivity index (χ3v) is 2.00. The molecule has 0 aliphatic carbocycles. The van der Waals surface area contributed by atoms with Crippen LogP contribution in [0.5, 0.6) is 5.75 Å². The van der Waals surface area contributed by atoms with Crippen molar-refractivity contribution in [3.63, 3.8) is 0 Å². The highest BCUT2D eigenvalue weighted by Gasteiger charge is 2.27. The monoisotopic (exact) mass is 231 g/mol. The number of carboxylic acids is 1. The number of halogens is 1. The first kappa shape index (κ1) is 13.7. The minimum Gasteiger partial charge on any atom is -0.508 e. The molecule has 84 valence electrons. The molecule has 0 spiro atoms. The van der Waals surface area contributed by atoms with Gasteiger partial charge in [0.2, 0.25) is 0 Å². The number of carboxylic acid groups (broad SMARTS) is 1. The molecule has 0 aliphatic rings. The van der Waals surface area contributed by atoms with Crippen LogP contribution >= 0.6 is 12.4 Å². The fourth-order valence-corrected chi connectivity index (χ4v) is 1.11. The second-order valence-electron chi connectivity index (χ2n) is 3.57. The average molecular weight is 232 g/mol. The second-order valence-corrected chi connectivity index (χ2v) is 3.57. The summed E-state index contributed by atoms with van der Waals surface area (Å²) >= 11 is 0. The molecule has 0 bridgehead atoms. The minimum absolute atomic E-state index is 0. The molecule has 1 atom stereocenters. The SMILES string of the molecule is C[C@](N)(Cc1ccc(O)cc1)C(=O)O.Cl. The van der Waals surface area contributed by atoms with Crippen LogP contribution in [0.3, 0.4) is 0 Å². The van der Waals surface area contributed by atoms with E-state index in [0.29, 0.717) is 0 Å². The minimum atomic E-state index is -1.27. The van der Waals surface area contributed by atoms with Crippen LogP contribution in [0.2, 0.25) is 0 Å². The zero-order valence-corrected chi connectivity index (χ0v) is 9.12. The summed E-state index contributed by atoms with van der Waals surface area (Å²) in [6.07, 6.45) is 0.239. The number of aromatic hydroxyl groups is 1. The maximum atomic E-state index is 10.7. The van der Waals surface area contributed by atoms with Crippen molar-refractivity contribution in [3.8, 4) is 5.75 Å². The number of hydrogen-bond donors (Lipinski definition) is 3. The number of aliphatic carboxylic acids is 1. The van der Waals surface area contributed by atoms with Crippen LogP contribution in [0, 0.1) is 0 Å². The molecule has 1 aromatic carbocycles. The highest BCUT2D eigenvalue weighted by Crippen LogP contribution is 2.14. The van der Waals surface area contributed by atoms with Crippen LogP contribution in [0.4, 0.5) is 0 Å². The van der Waals surface area contributed by atoms with E-state index in [1.165, 1.54) is 19.1 Å². The average Bonchev–Trinajstić information content (AvgIpc) is 2.08. The molecule has 15 heavy (non-hydrogen) atoms. The van der Waals surface area contributed by atoms with E-state index < -0.39 is 11.5 Å². The molecule has 4 N–H and O–H groups in total. The zero-order chi connectivity index (χ0) is 10.8. The van der Waals surface area contributed by atoms with E-state index in [2.05, 4.69) is 0 Å². The van der Waals surface area contributed by atoms with E-state index in [9.17, 15) is 4.79 Å². The first-order valence-electron chi connectivity index (χ1n) is 4.22. The lowest BCUT2D eigenvalue weighted by atomic mass is 9.94. The number of phenolic OH excluding ortho intramolecular Hbond substituents is 1. The van der Waals surface area contributed by atoms with Crippen LogP contribution in [0.25, 0.3) is 0 Å². The molecule has 5 heteroatoms. The predicted octanol–water partition coefficient (Wildman–Crippen LogP) is 1.16. The third kappa shape index (κ3) is 3.77. The van der Waals surface area contributed by atoms with E-state index in [1.54, 1.807) is 12.1 Å². The van der Waals surface area contributed by atoms with Crippen molar-refractivity contribution in [2.24, 2.45) is 5.73 Å². The lowest BCUT2D eigenvalue weighted by molar-refractivity contribution is -0.142. The Morgan fingerprint density at radius 2 is 1.87 bits per heavy atom. The van der Waals surface area contributed by atoms with Crippen molar-refractivity contribution in [1.29, 1.82) is 0 Å². The van der Waals surface area contributed by atoms with Gasteiger partial charge in [-0.1, -0.05) is 12.1 Å². The Balaban J connectivity index is 0.00000196. The summed E-state index contributed by atoms with van der Waals surface area (Å²) in [5.74, 6) is -0.881. The molecule has 0 saturated heterocycles. The van der Waals surface area contributed by atoms with Gasteiger partial charge in [-0.2, -0.15) is 0 Å². The van der Waals surface area contributed by atoms with Gasteiger partial charge in [-0.05, 0) is 24.6 Å². The van der Waals surface area contributed by atoms with Crippen LogP contribution in [0.15, 0.2) is 24.3 Å². The highest BCUT2D eigenvalue weighted by molar-refractivity contribution is 5.85. The molecule has 1 rings (SSSR count). The number of carbonyl (C=O) groups is 1. The van der Waals surface area contributed by atoms with Crippen LogP contribution in [0.1, 0.15) is 12.5 Å². The number of benzene rings is 1. The molecule has 0 radical (unpaired) electrons. The molecule has 0 amide bonds. The van der Waals surface area contributed by atoms with Gasteiger partial charge in [-0.25, -0.2) is 0 Å². The van der Waals surface area contributed by atoms with E-state index in [1.807, 2.05) is 0 Å². The topological polar surface area (TPSA) is 83.5 Å². The van der Waals surface area contributed by atoms with Gasteiger partial charge in [0.25, 0.3) is 0 Å². The van der Waals surface area contributed by atoms with Crippen molar-refractivity contribution in [3.05, 3.63) is 29.8 Å². The van der Waals surface area contributed by atoms with Gasteiger partial charge in [0.1, 0.15) is 11.3 Å². The Kier molecular flexibility index (Phi) is 4.58. The normalized spacial score (nSPS) is 13.7. The molecular weight excluding hydrogens is 218 g/mol. The van der Waals surface area contributed by atoms with Crippen molar-refractivity contribution >= 4 is 18.4 Å². The van der Waals surface area contributed by atoms with Gasteiger partial charge in [0.05, 0.1) is 0 Å². The first-order valence-corrected chi connectivity index (χ1v) is 4.22. The van der Waals surface area contributed by atoms with Gasteiger partial charge >= 0.3 is 5.97 Å². The summed E-state index contributed by atoms with van der Waals surface area (Å²) in [6, 6.07) is 6.33. The Bertz CT molecular complexity index is 335. The van der Waals surface area contributed by atoms with Crippen molar-refractivity contribution in [1.82, 2.24) is 0 Å². The van der Waals surface area contributed by atoms with Crippen molar-refractivity contribution < 1.29 is 15.0 Å². The third-order valence-electron chi connectivity index (χ3n) is 2.00. The van der Waals surface area contributed by atoms with Crippen LogP contribution in [-0.2, 0) is 11.2 Å². The Morgan fingerprint density at radius 1 is 1.40 bits per heavy atom. The van der Waals surface area contributed by atoms with Crippen LogP contribution in [-0.4, -0.2) is 21.7 Å². The Morgan fingerprint density at radius 3 is 2.27 bits per heavy atom. The van der Waals surface area contributed by atoms with E-state index in [0.717, 1.165) is 5.56 Å². The quantitative estimate of drug-likeness (QED) is 0.729. The maximum absolute atomic E-state index is 10.7. The Labute approximate surface area is 94.1 Å². The Hall–Kier alpha value is -1.26. The number of rotatable bonds is 3. The molecule has 1 aromatic rings. The van der Waals surface area contributed by atoms with Crippen LogP contribution < -0.4 is 5.73 Å². The van der Waals surface area contributed by atoms with E-state index in [-0.39, 0.29) is 24.6 Å². The molecule has 0 heterocycles.